The van der Waals surface area contributed by atoms with Crippen molar-refractivity contribution in [2.24, 2.45) is 0 Å². The van der Waals surface area contributed by atoms with Gasteiger partial charge in [0.05, 0.1) is 12.0 Å². The average molecular weight is 384 g/mol. The topological polar surface area (TPSA) is 46.5 Å². The van der Waals surface area contributed by atoms with Crippen LogP contribution in [0.4, 0.5) is 0 Å². The largest absolute Gasteiger partial charge is 0.512 e. The van der Waals surface area contributed by atoms with E-state index < -0.39 is 11.6 Å². The lowest BCUT2D eigenvalue weighted by atomic mass is 9.78. The molecule has 0 saturated carbocycles. The van der Waals surface area contributed by atoms with Crippen LogP contribution in [0.15, 0.2) is 96.3 Å². The van der Waals surface area contributed by atoms with Crippen LogP contribution in [0.5, 0.6) is 0 Å². The van der Waals surface area contributed by atoms with Gasteiger partial charge in [0.15, 0.2) is 5.60 Å². The van der Waals surface area contributed by atoms with E-state index in [0.717, 1.165) is 22.3 Å². The molecule has 0 radical (unpaired) electrons. The van der Waals surface area contributed by atoms with Gasteiger partial charge in [-0.2, -0.15) is 0 Å². The molecule has 0 aliphatic carbocycles. The summed E-state index contributed by atoms with van der Waals surface area (Å²) < 4.78 is 6.15. The highest BCUT2D eigenvalue weighted by molar-refractivity contribution is 5.92. The van der Waals surface area contributed by atoms with Crippen molar-refractivity contribution < 1.29 is 14.6 Å². The van der Waals surface area contributed by atoms with Crippen molar-refractivity contribution in [3.63, 3.8) is 0 Å². The fourth-order valence-electron chi connectivity index (χ4n) is 4.26. The third-order valence-corrected chi connectivity index (χ3v) is 5.78. The number of carbonyl (C=O) groups is 1. The highest BCUT2D eigenvalue weighted by Crippen LogP contribution is 2.45. The number of ether oxygens (including phenoxy) is 1. The van der Waals surface area contributed by atoms with E-state index >= 15 is 0 Å². The maximum atomic E-state index is 13.3. The van der Waals surface area contributed by atoms with Crippen LogP contribution in [-0.2, 0) is 15.1 Å². The second kappa shape index (κ2) is 7.59. The lowest BCUT2D eigenvalue weighted by Gasteiger charge is -2.39. The van der Waals surface area contributed by atoms with Crippen molar-refractivity contribution in [1.29, 1.82) is 0 Å². The summed E-state index contributed by atoms with van der Waals surface area (Å²) in [6, 6.07) is 27.2. The second-order valence-corrected chi connectivity index (χ2v) is 7.56. The monoisotopic (exact) mass is 384 g/mol. The lowest BCUT2D eigenvalue weighted by molar-refractivity contribution is -0.155. The zero-order chi connectivity index (χ0) is 20.4. The Morgan fingerprint density at radius 3 is 1.90 bits per heavy atom. The Morgan fingerprint density at radius 2 is 1.38 bits per heavy atom. The van der Waals surface area contributed by atoms with Crippen molar-refractivity contribution >= 4 is 5.97 Å². The molecule has 1 N–H and O–H groups in total. The van der Waals surface area contributed by atoms with Gasteiger partial charge in [0.2, 0.25) is 0 Å². The van der Waals surface area contributed by atoms with Crippen LogP contribution >= 0.6 is 0 Å². The Labute approximate surface area is 171 Å². The number of carbonyl (C=O) groups excluding carboxylic acids is 1. The van der Waals surface area contributed by atoms with Crippen molar-refractivity contribution in [1.82, 2.24) is 0 Å². The van der Waals surface area contributed by atoms with Crippen LogP contribution in [-0.4, -0.2) is 11.1 Å². The van der Waals surface area contributed by atoms with E-state index in [1.807, 2.05) is 98.8 Å². The summed E-state index contributed by atoms with van der Waals surface area (Å²) in [6.45, 7) is 3.95. The molecule has 3 heteroatoms. The maximum Gasteiger partial charge on any atom is 0.339 e. The lowest BCUT2D eigenvalue weighted by Crippen LogP contribution is -2.39. The van der Waals surface area contributed by atoms with E-state index in [-0.39, 0.29) is 18.1 Å². The molecular formula is C26H24O3. The molecule has 0 fully saturated rings. The Bertz CT molecular complexity index is 1010. The van der Waals surface area contributed by atoms with Gasteiger partial charge in [-0.15, -0.1) is 0 Å². The van der Waals surface area contributed by atoms with Crippen LogP contribution in [0, 0.1) is 6.92 Å². The minimum absolute atomic E-state index is 0.0877. The van der Waals surface area contributed by atoms with Crippen LogP contribution in [0.3, 0.4) is 0 Å². The Hall–Kier alpha value is -3.33. The van der Waals surface area contributed by atoms with Gasteiger partial charge >= 0.3 is 5.97 Å². The number of cyclic esters (lactones) is 1. The van der Waals surface area contributed by atoms with Gasteiger partial charge in [-0.3, -0.25) is 0 Å². The molecule has 0 saturated heterocycles. The number of hydrogen-bond donors (Lipinski definition) is 1. The van der Waals surface area contributed by atoms with E-state index in [9.17, 15) is 9.90 Å². The second-order valence-electron chi connectivity index (χ2n) is 7.56. The highest BCUT2D eigenvalue weighted by Gasteiger charge is 2.46. The molecule has 29 heavy (non-hydrogen) atoms. The van der Waals surface area contributed by atoms with Gasteiger partial charge in [-0.05, 0) is 18.1 Å². The summed E-state index contributed by atoms with van der Waals surface area (Å²) in [5, 5.41) is 11.1. The summed E-state index contributed by atoms with van der Waals surface area (Å²) in [6.07, 6.45) is 0.207. The Balaban J connectivity index is 1.83. The van der Waals surface area contributed by atoms with Crippen molar-refractivity contribution in [3.05, 3.63) is 119 Å². The summed E-state index contributed by atoms with van der Waals surface area (Å²) in [4.78, 5) is 13.3. The first kappa shape index (κ1) is 19.0. The molecule has 1 heterocycles. The third kappa shape index (κ3) is 3.33. The third-order valence-electron chi connectivity index (χ3n) is 5.78. The SMILES string of the molecule is Cc1ccccc1C(C)C1=C(O)CC(c2ccccc2)(c2ccccc2)OC1=O. The molecule has 0 spiro atoms. The van der Waals surface area contributed by atoms with E-state index in [2.05, 4.69) is 0 Å². The normalized spacial score (nSPS) is 17.0. The summed E-state index contributed by atoms with van der Waals surface area (Å²) in [7, 11) is 0. The smallest absolute Gasteiger partial charge is 0.339 e. The fraction of sp³-hybridized carbons (Fsp3) is 0.192. The zero-order valence-corrected chi connectivity index (χ0v) is 16.6. The van der Waals surface area contributed by atoms with Crippen LogP contribution in [0.2, 0.25) is 0 Å². The molecule has 146 valence electrons. The first-order valence-corrected chi connectivity index (χ1v) is 9.85. The minimum Gasteiger partial charge on any atom is -0.512 e. The number of aryl methyl sites for hydroxylation is 1. The summed E-state index contributed by atoms with van der Waals surface area (Å²) >= 11 is 0. The first-order valence-electron chi connectivity index (χ1n) is 9.85. The number of hydrogen-bond acceptors (Lipinski definition) is 3. The molecule has 0 aromatic heterocycles. The van der Waals surface area contributed by atoms with Crippen LogP contribution < -0.4 is 0 Å². The molecule has 0 amide bonds. The average Bonchev–Trinajstić information content (AvgIpc) is 2.74. The Morgan fingerprint density at radius 1 is 0.862 bits per heavy atom. The molecular weight excluding hydrogens is 360 g/mol. The van der Waals surface area contributed by atoms with E-state index in [0.29, 0.717) is 5.57 Å². The van der Waals surface area contributed by atoms with Gasteiger partial charge < -0.3 is 9.84 Å². The number of aliphatic hydroxyl groups is 1. The molecule has 1 atom stereocenters. The predicted molar refractivity (Wildman–Crippen MR) is 114 cm³/mol. The number of rotatable bonds is 4. The predicted octanol–water partition coefficient (Wildman–Crippen LogP) is 5.80. The quantitative estimate of drug-likeness (QED) is 0.578. The summed E-state index contributed by atoms with van der Waals surface area (Å²) in [5.74, 6) is -0.643. The Kier molecular flexibility index (Phi) is 4.98. The molecule has 1 aliphatic rings. The van der Waals surface area contributed by atoms with E-state index in [1.54, 1.807) is 0 Å². The molecule has 4 rings (SSSR count). The number of esters is 1. The standard InChI is InChI=1S/C26H24O3/c1-18-11-9-10-16-22(18)19(2)24-23(27)17-26(29-25(24)28,20-12-5-3-6-13-20)21-14-7-4-8-15-21/h3-16,19,27H,17H2,1-2H3. The van der Waals surface area contributed by atoms with Gasteiger partial charge in [-0.25, -0.2) is 4.79 Å². The van der Waals surface area contributed by atoms with Gasteiger partial charge in [0.1, 0.15) is 5.76 Å². The maximum absolute atomic E-state index is 13.3. The number of benzene rings is 3. The molecule has 3 aromatic carbocycles. The minimum atomic E-state index is -1.04. The van der Waals surface area contributed by atoms with Crippen molar-refractivity contribution in [2.45, 2.75) is 31.8 Å². The molecule has 0 bridgehead atoms. The van der Waals surface area contributed by atoms with Crippen molar-refractivity contribution in [2.75, 3.05) is 0 Å². The zero-order valence-electron chi connectivity index (χ0n) is 16.6. The summed E-state index contributed by atoms with van der Waals surface area (Å²) in [5.41, 5.74) is 3.07. The molecule has 1 unspecified atom stereocenters. The molecule has 3 aromatic rings. The van der Waals surface area contributed by atoms with E-state index in [4.69, 9.17) is 4.74 Å². The van der Waals surface area contributed by atoms with Gasteiger partial charge in [-0.1, -0.05) is 91.9 Å². The van der Waals surface area contributed by atoms with Crippen molar-refractivity contribution in [3.8, 4) is 0 Å². The van der Waals surface area contributed by atoms with E-state index in [1.165, 1.54) is 0 Å². The van der Waals surface area contributed by atoms with Crippen LogP contribution in [0.25, 0.3) is 0 Å². The number of aliphatic hydroxyl groups excluding tert-OH is 1. The fourth-order valence-corrected chi connectivity index (χ4v) is 4.26. The van der Waals surface area contributed by atoms with Crippen LogP contribution in [0.1, 0.15) is 41.5 Å². The molecule has 3 nitrogen and oxygen atoms in total. The highest BCUT2D eigenvalue weighted by atomic mass is 16.6. The molecule has 1 aliphatic heterocycles. The first-order chi connectivity index (χ1) is 14.0. The van der Waals surface area contributed by atoms with Gasteiger partial charge in [0, 0.05) is 17.0 Å². The van der Waals surface area contributed by atoms with Gasteiger partial charge in [0.25, 0.3) is 0 Å².